The van der Waals surface area contributed by atoms with Crippen LogP contribution >= 0.6 is 0 Å². The molecule has 4 nitrogen and oxygen atoms in total. The highest BCUT2D eigenvalue weighted by molar-refractivity contribution is 5.87. The smallest absolute Gasteiger partial charge is 0.245 e. The second kappa shape index (κ2) is 5.75. The first kappa shape index (κ1) is 13.4. The normalized spacial score (nSPS) is 18.1. The van der Waals surface area contributed by atoms with Gasteiger partial charge in [0, 0.05) is 25.2 Å². The van der Waals surface area contributed by atoms with E-state index in [1.54, 1.807) is 4.90 Å². The van der Waals surface area contributed by atoms with Crippen LogP contribution < -0.4 is 5.32 Å². The van der Waals surface area contributed by atoms with Gasteiger partial charge < -0.3 is 10.2 Å². The monoisotopic (exact) mass is 257 g/mol. The lowest BCUT2D eigenvalue weighted by atomic mass is 10.1. The molecule has 1 aliphatic heterocycles. The van der Waals surface area contributed by atoms with E-state index in [0.717, 1.165) is 12.1 Å². The van der Waals surface area contributed by atoms with Crippen LogP contribution in [-0.4, -0.2) is 29.9 Å². The highest BCUT2D eigenvalue weighted by Crippen LogP contribution is 2.26. The van der Waals surface area contributed by atoms with Gasteiger partial charge in [0.25, 0.3) is 0 Å². The molecule has 0 bridgehead atoms. The molecule has 0 aliphatic carbocycles. The van der Waals surface area contributed by atoms with Crippen LogP contribution in [0.15, 0.2) is 24.3 Å². The number of nitrogens with one attached hydrogen (secondary N) is 1. The molecule has 1 N–H and O–H groups in total. The van der Waals surface area contributed by atoms with Crippen molar-refractivity contribution in [2.24, 2.45) is 5.92 Å². The van der Waals surface area contributed by atoms with Crippen LogP contribution in [0.5, 0.6) is 0 Å². The summed E-state index contributed by atoms with van der Waals surface area (Å²) in [4.78, 5) is 14.2. The van der Waals surface area contributed by atoms with Crippen molar-refractivity contribution in [1.82, 2.24) is 4.90 Å². The van der Waals surface area contributed by atoms with Crippen LogP contribution in [0, 0.1) is 17.2 Å². The molecular formula is C15H19N3O. The van der Waals surface area contributed by atoms with Gasteiger partial charge in [-0.25, -0.2) is 0 Å². The Morgan fingerprint density at radius 3 is 2.95 bits per heavy atom. The number of carbonyl (C=O) groups is 1. The van der Waals surface area contributed by atoms with E-state index in [4.69, 9.17) is 5.26 Å². The maximum absolute atomic E-state index is 12.5. The van der Waals surface area contributed by atoms with Gasteiger partial charge in [-0.3, -0.25) is 4.79 Å². The quantitative estimate of drug-likeness (QED) is 0.898. The third kappa shape index (κ3) is 2.87. The van der Waals surface area contributed by atoms with Crippen LogP contribution in [0.3, 0.4) is 0 Å². The molecule has 0 aromatic heterocycles. The molecule has 1 heterocycles. The average molecular weight is 257 g/mol. The fraction of sp³-hybridized carbons (Fsp3) is 0.467. The van der Waals surface area contributed by atoms with Crippen molar-refractivity contribution in [2.45, 2.75) is 26.3 Å². The number of benzene rings is 1. The van der Waals surface area contributed by atoms with E-state index >= 15 is 0 Å². The standard InChI is InChI=1S/C15H19N3O/c1-3-18(10-11(2)9-16)15(19)14-8-12-6-4-5-7-13(12)17-14/h4-7,11,14,17H,3,8,10H2,1-2H3/t11?,14-/m0/s1. The summed E-state index contributed by atoms with van der Waals surface area (Å²) in [5.41, 5.74) is 2.23. The number of likely N-dealkylation sites (N-methyl/N-ethyl adjacent to an activating group) is 1. The van der Waals surface area contributed by atoms with Crippen LogP contribution in [0.4, 0.5) is 5.69 Å². The maximum Gasteiger partial charge on any atom is 0.245 e. The van der Waals surface area contributed by atoms with E-state index < -0.39 is 0 Å². The zero-order valence-electron chi connectivity index (χ0n) is 11.4. The molecule has 19 heavy (non-hydrogen) atoms. The predicted molar refractivity (Wildman–Crippen MR) is 74.6 cm³/mol. The Kier molecular flexibility index (Phi) is 4.06. The van der Waals surface area contributed by atoms with Crippen molar-refractivity contribution < 1.29 is 4.79 Å². The zero-order chi connectivity index (χ0) is 13.8. The minimum absolute atomic E-state index is 0.0841. The number of rotatable bonds is 4. The number of nitrogens with zero attached hydrogens (tertiary/aromatic N) is 2. The van der Waals surface area contributed by atoms with E-state index in [0.29, 0.717) is 13.1 Å². The first-order chi connectivity index (χ1) is 9.15. The van der Waals surface area contributed by atoms with Gasteiger partial charge in [-0.1, -0.05) is 18.2 Å². The van der Waals surface area contributed by atoms with Crippen molar-refractivity contribution >= 4 is 11.6 Å². The molecule has 0 saturated heterocycles. The molecule has 1 amide bonds. The predicted octanol–water partition coefficient (Wildman–Crippen LogP) is 2.03. The van der Waals surface area contributed by atoms with Crippen LogP contribution in [-0.2, 0) is 11.2 Å². The molecule has 0 saturated carbocycles. The molecule has 0 radical (unpaired) electrons. The van der Waals surface area contributed by atoms with E-state index in [-0.39, 0.29) is 17.9 Å². The van der Waals surface area contributed by atoms with Crippen LogP contribution in [0.1, 0.15) is 19.4 Å². The molecular weight excluding hydrogens is 238 g/mol. The first-order valence-electron chi connectivity index (χ1n) is 6.68. The largest absolute Gasteiger partial charge is 0.373 e. The number of anilines is 1. The van der Waals surface area contributed by atoms with Crippen molar-refractivity contribution in [2.75, 3.05) is 18.4 Å². The summed E-state index contributed by atoms with van der Waals surface area (Å²) in [5, 5.41) is 12.1. The minimum atomic E-state index is -0.191. The van der Waals surface area contributed by atoms with Gasteiger partial charge >= 0.3 is 0 Å². The Balaban J connectivity index is 2.03. The maximum atomic E-state index is 12.5. The molecule has 2 atom stereocenters. The lowest BCUT2D eigenvalue weighted by Crippen LogP contribution is -2.43. The summed E-state index contributed by atoms with van der Waals surface area (Å²) in [5.74, 6) is -0.0477. The SMILES string of the molecule is CCN(CC(C)C#N)C(=O)[C@@H]1Cc2ccccc2N1. The molecule has 0 fully saturated rings. The van der Waals surface area contributed by atoms with E-state index in [1.807, 2.05) is 38.1 Å². The van der Waals surface area contributed by atoms with E-state index in [9.17, 15) is 4.79 Å². The fourth-order valence-corrected chi connectivity index (χ4v) is 2.41. The fourth-order valence-electron chi connectivity index (χ4n) is 2.41. The molecule has 1 aliphatic rings. The first-order valence-corrected chi connectivity index (χ1v) is 6.68. The van der Waals surface area contributed by atoms with Gasteiger partial charge in [-0.2, -0.15) is 5.26 Å². The lowest BCUT2D eigenvalue weighted by molar-refractivity contribution is -0.132. The van der Waals surface area contributed by atoms with Crippen LogP contribution in [0.2, 0.25) is 0 Å². The van der Waals surface area contributed by atoms with Crippen molar-refractivity contribution in [3.05, 3.63) is 29.8 Å². The third-order valence-electron chi connectivity index (χ3n) is 3.48. The van der Waals surface area contributed by atoms with Gasteiger partial charge in [-0.15, -0.1) is 0 Å². The topological polar surface area (TPSA) is 56.1 Å². The molecule has 2 rings (SSSR count). The van der Waals surface area contributed by atoms with Crippen molar-refractivity contribution in [1.29, 1.82) is 5.26 Å². The second-order valence-corrected chi connectivity index (χ2v) is 4.97. The van der Waals surface area contributed by atoms with Gasteiger partial charge in [0.1, 0.15) is 6.04 Å². The molecule has 0 spiro atoms. The Bertz CT molecular complexity index is 481. The molecule has 4 heteroatoms. The summed E-state index contributed by atoms with van der Waals surface area (Å²) in [7, 11) is 0. The highest BCUT2D eigenvalue weighted by Gasteiger charge is 2.29. The number of fused-ring (bicyclic) bond motifs is 1. The number of carbonyl (C=O) groups excluding carboxylic acids is 1. The van der Waals surface area contributed by atoms with Gasteiger partial charge in [0.05, 0.1) is 12.0 Å². The van der Waals surface area contributed by atoms with Crippen molar-refractivity contribution in [3.8, 4) is 6.07 Å². The highest BCUT2D eigenvalue weighted by atomic mass is 16.2. The summed E-state index contributed by atoms with van der Waals surface area (Å²) in [6.07, 6.45) is 0.729. The van der Waals surface area contributed by atoms with Gasteiger partial charge in [0.15, 0.2) is 0 Å². The number of amides is 1. The zero-order valence-corrected chi connectivity index (χ0v) is 11.4. The number of para-hydroxylation sites is 1. The summed E-state index contributed by atoms with van der Waals surface area (Å²) in [6.45, 7) is 4.93. The average Bonchev–Trinajstić information content (AvgIpc) is 2.87. The summed E-state index contributed by atoms with van der Waals surface area (Å²) < 4.78 is 0. The number of nitriles is 1. The van der Waals surface area contributed by atoms with Crippen molar-refractivity contribution in [3.63, 3.8) is 0 Å². The molecule has 1 unspecified atom stereocenters. The van der Waals surface area contributed by atoms with Gasteiger partial charge in [-0.05, 0) is 25.5 Å². The number of hydrogen-bond acceptors (Lipinski definition) is 3. The van der Waals surface area contributed by atoms with Crippen LogP contribution in [0.25, 0.3) is 0 Å². The van der Waals surface area contributed by atoms with E-state index in [1.165, 1.54) is 5.56 Å². The Morgan fingerprint density at radius 2 is 2.32 bits per heavy atom. The minimum Gasteiger partial charge on any atom is -0.373 e. The molecule has 1 aromatic carbocycles. The summed E-state index contributed by atoms with van der Waals surface area (Å²) >= 11 is 0. The molecule has 100 valence electrons. The second-order valence-electron chi connectivity index (χ2n) is 4.97. The third-order valence-corrected chi connectivity index (χ3v) is 3.48. The summed E-state index contributed by atoms with van der Waals surface area (Å²) in [6, 6.07) is 9.98. The van der Waals surface area contributed by atoms with E-state index in [2.05, 4.69) is 11.4 Å². The Hall–Kier alpha value is -2.02. The Morgan fingerprint density at radius 1 is 1.58 bits per heavy atom. The lowest BCUT2D eigenvalue weighted by Gasteiger charge is -2.25. The van der Waals surface area contributed by atoms with Gasteiger partial charge in [0.2, 0.25) is 5.91 Å². The Labute approximate surface area is 114 Å². The molecule has 1 aromatic rings. The number of hydrogen-bond donors (Lipinski definition) is 1.